The zero-order valence-electron chi connectivity index (χ0n) is 16.8. The summed E-state index contributed by atoms with van der Waals surface area (Å²) in [5, 5.41) is 2.86. The summed E-state index contributed by atoms with van der Waals surface area (Å²) in [5.74, 6) is -0.0274. The number of amides is 1. The van der Waals surface area contributed by atoms with Crippen LogP contribution in [-0.2, 0) is 24.3 Å². The van der Waals surface area contributed by atoms with Gasteiger partial charge >= 0.3 is 5.69 Å². The smallest absolute Gasteiger partial charge is 0.352 e. The predicted molar refractivity (Wildman–Crippen MR) is 116 cm³/mol. The molecule has 0 spiro atoms. The fourth-order valence-electron chi connectivity index (χ4n) is 3.36. The van der Waals surface area contributed by atoms with E-state index in [1.807, 2.05) is 30.3 Å². The van der Waals surface area contributed by atoms with Crippen molar-refractivity contribution in [3.63, 3.8) is 0 Å². The molecule has 8 heteroatoms. The van der Waals surface area contributed by atoms with Crippen LogP contribution >= 0.6 is 0 Å². The lowest BCUT2D eigenvalue weighted by Gasteiger charge is -2.15. The second-order valence-electron chi connectivity index (χ2n) is 7.11. The lowest BCUT2D eigenvalue weighted by molar-refractivity contribution is -0.121. The molecule has 4 rings (SSSR count). The Morgan fingerprint density at radius 3 is 2.55 bits per heavy atom. The number of aromatic nitrogens is 4. The van der Waals surface area contributed by atoms with E-state index in [4.69, 9.17) is 0 Å². The maximum Gasteiger partial charge on any atom is 0.352 e. The van der Waals surface area contributed by atoms with Crippen LogP contribution in [0.5, 0.6) is 0 Å². The Hall–Kier alpha value is -4.07. The van der Waals surface area contributed by atoms with Crippen molar-refractivity contribution in [2.45, 2.75) is 19.5 Å². The molecule has 0 saturated heterocycles. The van der Waals surface area contributed by atoms with E-state index in [1.165, 1.54) is 4.57 Å². The molecule has 156 valence electrons. The van der Waals surface area contributed by atoms with E-state index in [9.17, 15) is 14.4 Å². The summed E-state index contributed by atoms with van der Waals surface area (Å²) in [5.41, 5.74) is 1.03. The van der Waals surface area contributed by atoms with E-state index in [-0.39, 0.29) is 30.4 Å². The highest BCUT2D eigenvalue weighted by molar-refractivity contribution is 5.76. The van der Waals surface area contributed by atoms with Gasteiger partial charge in [0, 0.05) is 25.1 Å². The van der Waals surface area contributed by atoms with Crippen molar-refractivity contribution in [3.05, 3.63) is 105 Å². The van der Waals surface area contributed by atoms with Gasteiger partial charge in [0.1, 0.15) is 6.54 Å². The van der Waals surface area contributed by atoms with E-state index < -0.39 is 11.2 Å². The highest BCUT2D eigenvalue weighted by Gasteiger charge is 2.18. The molecule has 1 aromatic carbocycles. The molecule has 3 heterocycles. The normalized spacial score (nSPS) is 10.8. The average molecular weight is 415 g/mol. The number of carbonyl (C=O) groups is 1. The standard InChI is InChI=1S/C23H21N5O3/c29-20(25-12-10-17-6-2-1-3-7-17)16-27-13-5-9-19-21(27)26-23(31)28(22(19)30)15-18-8-4-11-24-14-18/h1-9,11,13-14H,10,12,15-16H2,(H,25,29). The Kier molecular flexibility index (Phi) is 5.98. The minimum absolute atomic E-state index is 0.0371. The Morgan fingerprint density at radius 1 is 0.968 bits per heavy atom. The summed E-state index contributed by atoms with van der Waals surface area (Å²) in [6.45, 7) is 0.542. The predicted octanol–water partition coefficient (Wildman–Crippen LogP) is 1.31. The third-order valence-corrected chi connectivity index (χ3v) is 4.91. The Balaban J connectivity index is 1.52. The van der Waals surface area contributed by atoms with Crippen molar-refractivity contribution >= 4 is 5.91 Å². The molecule has 0 aliphatic carbocycles. The number of rotatable bonds is 7. The number of benzene rings is 1. The number of hydrogen-bond donors (Lipinski definition) is 1. The lowest BCUT2D eigenvalue weighted by atomic mass is 10.1. The first-order chi connectivity index (χ1) is 15.1. The van der Waals surface area contributed by atoms with Crippen LogP contribution in [0.25, 0.3) is 11.4 Å². The van der Waals surface area contributed by atoms with Crippen LogP contribution in [0.2, 0.25) is 0 Å². The van der Waals surface area contributed by atoms with Crippen LogP contribution in [-0.4, -0.2) is 31.6 Å². The van der Waals surface area contributed by atoms with E-state index in [2.05, 4.69) is 15.3 Å². The van der Waals surface area contributed by atoms with Gasteiger partial charge in [0.15, 0.2) is 5.82 Å². The van der Waals surface area contributed by atoms with Crippen LogP contribution in [0.15, 0.2) is 82.8 Å². The molecule has 0 fully saturated rings. The Morgan fingerprint density at radius 2 is 1.77 bits per heavy atom. The SMILES string of the molecule is O=C(Cn1cccc2c(=O)n(Cc3cccnc3)c(=O)nc1-2)NCCc1ccccc1. The van der Waals surface area contributed by atoms with Gasteiger partial charge in [-0.2, -0.15) is 4.98 Å². The van der Waals surface area contributed by atoms with Crippen molar-refractivity contribution in [3.8, 4) is 11.4 Å². The van der Waals surface area contributed by atoms with Gasteiger partial charge in [-0.3, -0.25) is 19.1 Å². The van der Waals surface area contributed by atoms with Crippen molar-refractivity contribution in [1.82, 2.24) is 24.4 Å². The van der Waals surface area contributed by atoms with E-state index in [0.717, 1.165) is 22.1 Å². The number of pyridine rings is 2. The van der Waals surface area contributed by atoms with E-state index >= 15 is 0 Å². The molecule has 1 amide bonds. The molecule has 0 radical (unpaired) electrons. The zero-order chi connectivity index (χ0) is 21.6. The van der Waals surface area contributed by atoms with Crippen LogP contribution < -0.4 is 16.6 Å². The van der Waals surface area contributed by atoms with Gasteiger partial charge in [-0.1, -0.05) is 36.4 Å². The molecular weight excluding hydrogens is 394 g/mol. The topological polar surface area (TPSA) is 98.9 Å². The summed E-state index contributed by atoms with van der Waals surface area (Å²) in [6, 6.07) is 16.7. The van der Waals surface area contributed by atoms with Crippen LogP contribution in [0.1, 0.15) is 11.1 Å². The Bertz CT molecular complexity index is 1270. The first kappa shape index (κ1) is 20.2. The molecule has 0 atom stereocenters. The molecule has 0 unspecified atom stereocenters. The largest absolute Gasteiger partial charge is 0.354 e. The Labute approximate surface area is 178 Å². The van der Waals surface area contributed by atoms with Crippen LogP contribution in [0, 0.1) is 0 Å². The molecule has 1 N–H and O–H groups in total. The molecule has 0 bridgehead atoms. The number of fused-ring (bicyclic) bond motifs is 1. The van der Waals surface area contributed by atoms with Gasteiger partial charge in [0.05, 0.1) is 12.1 Å². The maximum atomic E-state index is 12.9. The molecule has 2 aliphatic heterocycles. The lowest BCUT2D eigenvalue weighted by Crippen LogP contribution is -2.39. The molecule has 2 aliphatic rings. The molecule has 1 aromatic heterocycles. The molecule has 31 heavy (non-hydrogen) atoms. The van der Waals surface area contributed by atoms with Crippen molar-refractivity contribution < 1.29 is 4.79 Å². The summed E-state index contributed by atoms with van der Waals surface area (Å²) in [4.78, 5) is 45.9. The summed E-state index contributed by atoms with van der Waals surface area (Å²) < 4.78 is 2.59. The fraction of sp³-hybridized carbons (Fsp3) is 0.174. The summed E-state index contributed by atoms with van der Waals surface area (Å²) >= 11 is 0. The van der Waals surface area contributed by atoms with Crippen molar-refractivity contribution in [2.75, 3.05) is 6.54 Å². The summed E-state index contributed by atoms with van der Waals surface area (Å²) in [7, 11) is 0. The number of hydrogen-bond acceptors (Lipinski definition) is 5. The zero-order valence-corrected chi connectivity index (χ0v) is 16.8. The number of nitrogens with one attached hydrogen (secondary N) is 1. The van der Waals surface area contributed by atoms with Gasteiger partial charge in [0.2, 0.25) is 5.91 Å². The molecule has 8 nitrogen and oxygen atoms in total. The van der Waals surface area contributed by atoms with Crippen LogP contribution in [0.3, 0.4) is 0 Å². The summed E-state index contributed by atoms with van der Waals surface area (Å²) in [6.07, 6.45) is 5.57. The first-order valence-electron chi connectivity index (χ1n) is 9.91. The first-order valence-corrected chi connectivity index (χ1v) is 9.91. The van der Waals surface area contributed by atoms with E-state index in [1.54, 1.807) is 42.9 Å². The van der Waals surface area contributed by atoms with Gasteiger partial charge in [-0.05, 0) is 35.7 Å². The van der Waals surface area contributed by atoms with Crippen molar-refractivity contribution in [2.24, 2.45) is 0 Å². The highest BCUT2D eigenvalue weighted by atomic mass is 16.2. The fourth-order valence-corrected chi connectivity index (χ4v) is 3.36. The van der Waals surface area contributed by atoms with Gasteiger partial charge in [0.25, 0.3) is 5.56 Å². The van der Waals surface area contributed by atoms with Gasteiger partial charge in [-0.25, -0.2) is 4.79 Å². The molecule has 2 aromatic rings. The second-order valence-corrected chi connectivity index (χ2v) is 7.11. The number of nitrogens with zero attached hydrogens (tertiary/aromatic N) is 4. The van der Waals surface area contributed by atoms with Gasteiger partial charge in [-0.15, -0.1) is 0 Å². The average Bonchev–Trinajstić information content (AvgIpc) is 2.79. The third-order valence-electron chi connectivity index (χ3n) is 4.91. The molecular formula is C23H21N5O3. The highest BCUT2D eigenvalue weighted by Crippen LogP contribution is 2.13. The van der Waals surface area contributed by atoms with Crippen molar-refractivity contribution in [1.29, 1.82) is 0 Å². The minimum Gasteiger partial charge on any atom is -0.354 e. The van der Waals surface area contributed by atoms with Gasteiger partial charge < -0.3 is 9.88 Å². The minimum atomic E-state index is -0.661. The third kappa shape index (κ3) is 4.75. The van der Waals surface area contributed by atoms with E-state index in [0.29, 0.717) is 6.54 Å². The second kappa shape index (κ2) is 9.17. The maximum absolute atomic E-state index is 12.9. The molecule has 0 saturated carbocycles. The number of carbonyl (C=O) groups excluding carboxylic acids is 1. The van der Waals surface area contributed by atoms with Crippen LogP contribution in [0.4, 0.5) is 0 Å². The quantitative estimate of drug-likeness (QED) is 0.491. The monoisotopic (exact) mass is 415 g/mol.